The van der Waals surface area contributed by atoms with Crippen molar-refractivity contribution >= 4 is 11.6 Å². The highest BCUT2D eigenvalue weighted by Gasteiger charge is 2.14. The minimum atomic E-state index is 0.0437. The molecule has 0 spiro atoms. The van der Waals surface area contributed by atoms with Gasteiger partial charge < -0.3 is 10.5 Å². The van der Waals surface area contributed by atoms with E-state index in [2.05, 4.69) is 6.92 Å². The lowest BCUT2D eigenvalue weighted by Crippen LogP contribution is -2.36. The second kappa shape index (κ2) is 6.89. The van der Waals surface area contributed by atoms with Crippen molar-refractivity contribution in [3.05, 3.63) is 34.9 Å². The minimum absolute atomic E-state index is 0.0437. The van der Waals surface area contributed by atoms with Crippen LogP contribution in [0.15, 0.2) is 24.3 Å². The first-order chi connectivity index (χ1) is 7.63. The Morgan fingerprint density at radius 2 is 1.94 bits per heavy atom. The predicted octanol–water partition coefficient (Wildman–Crippen LogP) is 3.02. The third-order valence-electron chi connectivity index (χ3n) is 2.47. The van der Waals surface area contributed by atoms with Gasteiger partial charge in [-0.3, -0.25) is 0 Å². The van der Waals surface area contributed by atoms with E-state index in [0.717, 1.165) is 24.5 Å². The maximum Gasteiger partial charge on any atom is 0.0763 e. The molecular formula is C13H20ClNO. The lowest BCUT2D eigenvalue weighted by atomic mass is 10.0. The van der Waals surface area contributed by atoms with E-state index in [1.54, 1.807) is 0 Å². The molecule has 0 aliphatic carbocycles. The highest BCUT2D eigenvalue weighted by atomic mass is 35.5. The number of ether oxygens (including phenoxy) is 1. The Hall–Kier alpha value is -0.570. The minimum Gasteiger partial charge on any atom is -0.376 e. The number of hydrogen-bond acceptors (Lipinski definition) is 2. The summed E-state index contributed by atoms with van der Waals surface area (Å²) >= 11 is 5.84. The van der Waals surface area contributed by atoms with Crippen LogP contribution in [0.4, 0.5) is 0 Å². The Morgan fingerprint density at radius 3 is 2.44 bits per heavy atom. The fraction of sp³-hybridized carbons (Fsp3) is 0.538. The van der Waals surface area contributed by atoms with E-state index in [1.807, 2.05) is 31.2 Å². The summed E-state index contributed by atoms with van der Waals surface area (Å²) in [6, 6.07) is 7.88. The van der Waals surface area contributed by atoms with Crippen molar-refractivity contribution < 1.29 is 4.74 Å². The first kappa shape index (κ1) is 13.5. The van der Waals surface area contributed by atoms with Crippen LogP contribution in [0.5, 0.6) is 0 Å². The second-order valence-corrected chi connectivity index (χ2v) is 4.54. The van der Waals surface area contributed by atoms with E-state index in [9.17, 15) is 0 Å². The predicted molar refractivity (Wildman–Crippen MR) is 68.8 cm³/mol. The average molecular weight is 242 g/mol. The molecule has 2 unspecified atom stereocenters. The average Bonchev–Trinajstić information content (AvgIpc) is 2.26. The molecule has 2 atom stereocenters. The van der Waals surface area contributed by atoms with Crippen molar-refractivity contribution in [1.29, 1.82) is 0 Å². The highest BCUT2D eigenvalue weighted by molar-refractivity contribution is 6.30. The maximum atomic E-state index is 5.90. The van der Waals surface area contributed by atoms with Crippen molar-refractivity contribution in [2.75, 3.05) is 6.61 Å². The SMILES string of the molecule is CCCOC(Cc1ccc(Cl)cc1)C(C)N. The summed E-state index contributed by atoms with van der Waals surface area (Å²) in [4.78, 5) is 0. The number of nitrogens with two attached hydrogens (primary N) is 1. The third-order valence-corrected chi connectivity index (χ3v) is 2.72. The van der Waals surface area contributed by atoms with E-state index < -0.39 is 0 Å². The molecule has 2 nitrogen and oxygen atoms in total. The summed E-state index contributed by atoms with van der Waals surface area (Å²) in [5, 5.41) is 0.760. The summed E-state index contributed by atoms with van der Waals surface area (Å²) in [5.41, 5.74) is 7.12. The standard InChI is InChI=1S/C13H20ClNO/c1-3-8-16-13(10(2)15)9-11-4-6-12(14)7-5-11/h4-7,10,13H,3,8-9,15H2,1-2H3. The molecule has 90 valence electrons. The zero-order valence-electron chi connectivity index (χ0n) is 9.95. The van der Waals surface area contributed by atoms with Crippen LogP contribution in [0, 0.1) is 0 Å². The Morgan fingerprint density at radius 1 is 1.31 bits per heavy atom. The largest absolute Gasteiger partial charge is 0.376 e. The lowest BCUT2D eigenvalue weighted by molar-refractivity contribution is 0.0401. The molecule has 1 aromatic rings. The van der Waals surface area contributed by atoms with Gasteiger partial charge in [-0.1, -0.05) is 30.7 Å². The smallest absolute Gasteiger partial charge is 0.0763 e. The molecule has 1 rings (SSSR count). The first-order valence-corrected chi connectivity index (χ1v) is 6.13. The molecule has 0 heterocycles. The van der Waals surface area contributed by atoms with Gasteiger partial charge in [-0.2, -0.15) is 0 Å². The van der Waals surface area contributed by atoms with Crippen LogP contribution in [-0.2, 0) is 11.2 Å². The Labute approximate surface area is 103 Å². The summed E-state index contributed by atoms with van der Waals surface area (Å²) in [6.07, 6.45) is 1.94. The molecule has 16 heavy (non-hydrogen) atoms. The van der Waals surface area contributed by atoms with Gasteiger partial charge in [0.05, 0.1) is 6.10 Å². The summed E-state index contributed by atoms with van der Waals surface area (Å²) in [6.45, 7) is 4.84. The van der Waals surface area contributed by atoms with Crippen LogP contribution >= 0.6 is 11.6 Å². The Balaban J connectivity index is 2.57. The van der Waals surface area contributed by atoms with Crippen molar-refractivity contribution in [3.63, 3.8) is 0 Å². The Bertz CT molecular complexity index is 297. The zero-order chi connectivity index (χ0) is 12.0. The number of hydrogen-bond donors (Lipinski definition) is 1. The molecule has 0 saturated carbocycles. The molecule has 0 radical (unpaired) electrons. The van der Waals surface area contributed by atoms with E-state index in [-0.39, 0.29) is 12.1 Å². The normalized spacial score (nSPS) is 14.8. The van der Waals surface area contributed by atoms with E-state index in [1.165, 1.54) is 5.56 Å². The molecule has 1 aromatic carbocycles. The zero-order valence-corrected chi connectivity index (χ0v) is 10.7. The van der Waals surface area contributed by atoms with E-state index >= 15 is 0 Å². The quantitative estimate of drug-likeness (QED) is 0.831. The van der Waals surface area contributed by atoms with Gasteiger partial charge in [0, 0.05) is 24.1 Å². The second-order valence-electron chi connectivity index (χ2n) is 4.10. The molecule has 2 N–H and O–H groups in total. The first-order valence-electron chi connectivity index (χ1n) is 5.75. The molecule has 0 bridgehead atoms. The summed E-state index contributed by atoms with van der Waals surface area (Å²) in [5.74, 6) is 0. The van der Waals surface area contributed by atoms with Crippen LogP contribution in [-0.4, -0.2) is 18.8 Å². The van der Waals surface area contributed by atoms with Gasteiger partial charge in [-0.15, -0.1) is 0 Å². The van der Waals surface area contributed by atoms with Gasteiger partial charge in [0.15, 0.2) is 0 Å². The van der Waals surface area contributed by atoms with Gasteiger partial charge in [0.1, 0.15) is 0 Å². The summed E-state index contributed by atoms with van der Waals surface area (Å²) in [7, 11) is 0. The lowest BCUT2D eigenvalue weighted by Gasteiger charge is -2.21. The van der Waals surface area contributed by atoms with Crippen LogP contribution in [0.2, 0.25) is 5.02 Å². The van der Waals surface area contributed by atoms with Crippen LogP contribution < -0.4 is 5.73 Å². The fourth-order valence-corrected chi connectivity index (χ4v) is 1.64. The molecule has 3 heteroatoms. The van der Waals surface area contributed by atoms with Crippen molar-refractivity contribution in [2.45, 2.75) is 38.8 Å². The van der Waals surface area contributed by atoms with Crippen LogP contribution in [0.25, 0.3) is 0 Å². The molecule has 0 aliphatic heterocycles. The number of rotatable bonds is 6. The molecule has 0 aromatic heterocycles. The van der Waals surface area contributed by atoms with Gasteiger partial charge in [0.25, 0.3) is 0 Å². The van der Waals surface area contributed by atoms with Gasteiger partial charge in [-0.25, -0.2) is 0 Å². The number of benzene rings is 1. The van der Waals surface area contributed by atoms with Crippen LogP contribution in [0.3, 0.4) is 0 Å². The monoisotopic (exact) mass is 241 g/mol. The van der Waals surface area contributed by atoms with Crippen molar-refractivity contribution in [2.24, 2.45) is 5.73 Å². The van der Waals surface area contributed by atoms with E-state index in [0.29, 0.717) is 0 Å². The van der Waals surface area contributed by atoms with Gasteiger partial charge in [0.2, 0.25) is 0 Å². The third kappa shape index (κ3) is 4.52. The molecule has 0 aliphatic rings. The highest BCUT2D eigenvalue weighted by Crippen LogP contribution is 2.13. The summed E-state index contributed by atoms with van der Waals surface area (Å²) < 4.78 is 5.73. The van der Waals surface area contributed by atoms with E-state index in [4.69, 9.17) is 22.1 Å². The van der Waals surface area contributed by atoms with Gasteiger partial charge in [-0.05, 0) is 31.0 Å². The van der Waals surface area contributed by atoms with Crippen molar-refractivity contribution in [3.8, 4) is 0 Å². The van der Waals surface area contributed by atoms with Gasteiger partial charge >= 0.3 is 0 Å². The molecule has 0 amide bonds. The van der Waals surface area contributed by atoms with Crippen molar-refractivity contribution in [1.82, 2.24) is 0 Å². The Kier molecular flexibility index (Phi) is 5.81. The molecular weight excluding hydrogens is 222 g/mol. The fourth-order valence-electron chi connectivity index (χ4n) is 1.52. The van der Waals surface area contributed by atoms with Crippen LogP contribution in [0.1, 0.15) is 25.8 Å². The molecule has 0 fully saturated rings. The topological polar surface area (TPSA) is 35.2 Å². The molecule has 0 saturated heterocycles. The number of halogens is 1. The maximum absolute atomic E-state index is 5.90.